The zero-order valence-electron chi connectivity index (χ0n) is 7.96. The minimum absolute atomic E-state index is 0.442. The Hall–Kier alpha value is 0.690. The SMILES string of the molecule is COP(C)(=S)Oc1cc(Cl)c(Br)cc1Cl. The first-order chi connectivity index (χ1) is 6.85. The van der Waals surface area contributed by atoms with Gasteiger partial charge >= 0.3 is 0 Å². The zero-order valence-corrected chi connectivity index (χ0v) is 12.8. The van der Waals surface area contributed by atoms with Crippen molar-refractivity contribution in [2.24, 2.45) is 0 Å². The summed E-state index contributed by atoms with van der Waals surface area (Å²) < 4.78 is 11.3. The highest BCUT2D eigenvalue weighted by Gasteiger charge is 2.14. The van der Waals surface area contributed by atoms with Crippen LogP contribution in [-0.4, -0.2) is 13.8 Å². The topological polar surface area (TPSA) is 18.5 Å². The van der Waals surface area contributed by atoms with Crippen LogP contribution in [0.3, 0.4) is 0 Å². The van der Waals surface area contributed by atoms with Gasteiger partial charge in [-0.1, -0.05) is 23.2 Å². The number of hydrogen-bond donors (Lipinski definition) is 0. The van der Waals surface area contributed by atoms with Crippen LogP contribution in [0.1, 0.15) is 0 Å². The minimum Gasteiger partial charge on any atom is -0.442 e. The molecular weight excluding hydrogens is 342 g/mol. The van der Waals surface area contributed by atoms with Crippen LogP contribution in [0, 0.1) is 0 Å². The Balaban J connectivity index is 3.06. The Labute approximate surface area is 112 Å². The molecule has 0 bridgehead atoms. The van der Waals surface area contributed by atoms with Gasteiger partial charge in [0.05, 0.1) is 10.0 Å². The molecule has 1 aromatic rings. The molecule has 0 heterocycles. The minimum atomic E-state index is -2.28. The molecule has 84 valence electrons. The Kier molecular flexibility index (Phi) is 4.90. The lowest BCUT2D eigenvalue weighted by molar-refractivity contribution is 0.398. The molecule has 2 nitrogen and oxygen atoms in total. The third kappa shape index (κ3) is 3.88. The molecule has 0 aliphatic rings. The van der Waals surface area contributed by atoms with Crippen molar-refractivity contribution in [1.29, 1.82) is 0 Å². The predicted octanol–water partition coefficient (Wildman–Crippen LogP) is 4.72. The predicted molar refractivity (Wildman–Crippen MR) is 72.0 cm³/mol. The highest BCUT2D eigenvalue weighted by atomic mass is 79.9. The molecule has 0 N–H and O–H groups in total. The molecule has 1 unspecified atom stereocenters. The van der Waals surface area contributed by atoms with Crippen molar-refractivity contribution in [2.75, 3.05) is 13.8 Å². The molecule has 0 fully saturated rings. The van der Waals surface area contributed by atoms with E-state index in [2.05, 4.69) is 15.9 Å². The fourth-order valence-corrected chi connectivity index (χ4v) is 2.50. The van der Waals surface area contributed by atoms with Crippen molar-refractivity contribution >= 4 is 57.4 Å². The second kappa shape index (κ2) is 5.35. The van der Waals surface area contributed by atoms with Gasteiger partial charge in [-0.05, 0) is 33.8 Å². The number of halogens is 3. The van der Waals surface area contributed by atoms with Crippen LogP contribution in [-0.2, 0) is 16.3 Å². The Morgan fingerprint density at radius 1 is 1.33 bits per heavy atom. The largest absolute Gasteiger partial charge is 0.442 e. The average Bonchev–Trinajstić information content (AvgIpc) is 2.14. The van der Waals surface area contributed by atoms with Crippen molar-refractivity contribution in [2.45, 2.75) is 0 Å². The van der Waals surface area contributed by atoms with Gasteiger partial charge in [-0.15, -0.1) is 0 Å². The van der Waals surface area contributed by atoms with Gasteiger partial charge in [-0.3, -0.25) is 0 Å². The maximum atomic E-state index is 5.97. The van der Waals surface area contributed by atoms with Gasteiger partial charge in [0.2, 0.25) is 6.49 Å². The molecule has 0 spiro atoms. The van der Waals surface area contributed by atoms with Crippen LogP contribution in [0.4, 0.5) is 0 Å². The maximum absolute atomic E-state index is 5.97. The van der Waals surface area contributed by atoms with Crippen molar-refractivity contribution in [3.8, 4) is 5.75 Å². The second-order valence-electron chi connectivity index (χ2n) is 2.74. The summed E-state index contributed by atoms with van der Waals surface area (Å²) >= 11 is 20.2. The first kappa shape index (κ1) is 13.8. The van der Waals surface area contributed by atoms with Crippen LogP contribution in [0.5, 0.6) is 5.75 Å². The maximum Gasteiger partial charge on any atom is 0.234 e. The zero-order chi connectivity index (χ0) is 11.6. The molecule has 15 heavy (non-hydrogen) atoms. The molecule has 0 aliphatic carbocycles. The molecule has 1 rings (SSSR count). The first-order valence-electron chi connectivity index (χ1n) is 3.83. The number of hydrogen-bond acceptors (Lipinski definition) is 3. The molecule has 0 radical (unpaired) electrons. The fraction of sp³-hybridized carbons (Fsp3) is 0.250. The molecular formula is C8H8BrCl2O2PS. The van der Waals surface area contributed by atoms with E-state index >= 15 is 0 Å². The lowest BCUT2D eigenvalue weighted by Crippen LogP contribution is -1.93. The van der Waals surface area contributed by atoms with E-state index in [0.29, 0.717) is 20.3 Å². The molecule has 0 amide bonds. The van der Waals surface area contributed by atoms with Gasteiger partial charge in [-0.2, -0.15) is 0 Å². The number of benzene rings is 1. The summed E-state index contributed by atoms with van der Waals surface area (Å²) in [5, 5.41) is 0.958. The summed E-state index contributed by atoms with van der Waals surface area (Å²) in [5.41, 5.74) is 0. The molecule has 0 saturated carbocycles. The standard InChI is InChI=1S/C8H8BrCl2O2PS/c1-12-14(2,15)13-8-4-6(10)5(9)3-7(8)11/h3-4H,1-2H3. The summed E-state index contributed by atoms with van der Waals surface area (Å²) in [4.78, 5) is 0. The quantitative estimate of drug-likeness (QED) is 0.581. The lowest BCUT2D eigenvalue weighted by atomic mass is 10.3. The number of rotatable bonds is 3. The van der Waals surface area contributed by atoms with E-state index in [0.717, 1.165) is 0 Å². The summed E-state index contributed by atoms with van der Waals surface area (Å²) in [7, 11) is 1.51. The van der Waals surface area contributed by atoms with E-state index < -0.39 is 6.49 Å². The monoisotopic (exact) mass is 348 g/mol. The van der Waals surface area contributed by atoms with Gasteiger partial charge in [0.25, 0.3) is 0 Å². The van der Waals surface area contributed by atoms with Crippen molar-refractivity contribution < 1.29 is 9.05 Å². The van der Waals surface area contributed by atoms with Gasteiger partial charge in [0.15, 0.2) is 0 Å². The van der Waals surface area contributed by atoms with Crippen LogP contribution in [0.25, 0.3) is 0 Å². The van der Waals surface area contributed by atoms with E-state index in [1.165, 1.54) is 7.11 Å². The Bertz CT molecular complexity index is 427. The van der Waals surface area contributed by atoms with Crippen LogP contribution in [0.2, 0.25) is 10.0 Å². The molecule has 0 saturated heterocycles. The fourth-order valence-electron chi connectivity index (χ4n) is 0.790. The normalized spacial score (nSPS) is 14.7. The first-order valence-corrected chi connectivity index (χ1v) is 8.46. The molecule has 1 aromatic carbocycles. The van der Waals surface area contributed by atoms with Crippen molar-refractivity contribution in [3.05, 3.63) is 26.7 Å². The third-order valence-electron chi connectivity index (χ3n) is 1.57. The highest BCUT2D eigenvalue weighted by Crippen LogP contribution is 2.47. The summed E-state index contributed by atoms with van der Waals surface area (Å²) in [5.74, 6) is 0.442. The highest BCUT2D eigenvalue weighted by molar-refractivity contribution is 9.10. The van der Waals surface area contributed by atoms with Gasteiger partial charge < -0.3 is 9.05 Å². The average molecular weight is 350 g/mol. The van der Waals surface area contributed by atoms with Gasteiger partial charge in [0, 0.05) is 24.3 Å². The van der Waals surface area contributed by atoms with Crippen molar-refractivity contribution in [1.82, 2.24) is 0 Å². The molecule has 0 aromatic heterocycles. The summed E-state index contributed by atoms with van der Waals surface area (Å²) in [6, 6.07) is 3.27. The van der Waals surface area contributed by atoms with E-state index in [4.69, 9.17) is 44.1 Å². The second-order valence-corrected chi connectivity index (χ2v) is 8.49. The summed E-state index contributed by atoms with van der Waals surface area (Å²) in [6.45, 7) is -0.565. The van der Waals surface area contributed by atoms with Crippen LogP contribution < -0.4 is 4.52 Å². The van der Waals surface area contributed by atoms with Gasteiger partial charge in [-0.25, -0.2) is 0 Å². The van der Waals surface area contributed by atoms with Crippen LogP contribution in [0.15, 0.2) is 16.6 Å². The summed E-state index contributed by atoms with van der Waals surface area (Å²) in [6.07, 6.45) is 0. The van der Waals surface area contributed by atoms with E-state index in [1.807, 2.05) is 0 Å². The van der Waals surface area contributed by atoms with E-state index in [9.17, 15) is 0 Å². The smallest absolute Gasteiger partial charge is 0.234 e. The molecule has 7 heteroatoms. The third-order valence-corrected chi connectivity index (χ3v) is 4.93. The van der Waals surface area contributed by atoms with E-state index in [-0.39, 0.29) is 0 Å². The molecule has 1 atom stereocenters. The Morgan fingerprint density at radius 2 is 1.93 bits per heavy atom. The lowest BCUT2D eigenvalue weighted by Gasteiger charge is -2.17. The van der Waals surface area contributed by atoms with Crippen molar-refractivity contribution in [3.63, 3.8) is 0 Å². The Morgan fingerprint density at radius 3 is 2.47 bits per heavy atom. The van der Waals surface area contributed by atoms with Crippen LogP contribution >= 0.6 is 45.6 Å². The molecule has 0 aliphatic heterocycles. The van der Waals surface area contributed by atoms with Gasteiger partial charge in [0.1, 0.15) is 5.75 Å². The van der Waals surface area contributed by atoms with E-state index in [1.54, 1.807) is 18.8 Å².